The van der Waals surface area contributed by atoms with Gasteiger partial charge in [-0.25, -0.2) is 8.42 Å². The van der Waals surface area contributed by atoms with Crippen molar-refractivity contribution in [3.05, 3.63) is 11.2 Å². The zero-order valence-electron chi connectivity index (χ0n) is 9.01. The lowest BCUT2D eigenvalue weighted by Gasteiger charge is -2.17. The van der Waals surface area contributed by atoms with Gasteiger partial charge in [-0.3, -0.25) is 4.68 Å². The predicted octanol–water partition coefficient (Wildman–Crippen LogP) is 0.717. The van der Waals surface area contributed by atoms with Crippen molar-refractivity contribution >= 4 is 21.6 Å². The van der Waals surface area contributed by atoms with Crippen LogP contribution in [0.4, 0.5) is 0 Å². The number of sulfonamides is 1. The highest BCUT2D eigenvalue weighted by atomic mass is 35.5. The zero-order valence-corrected chi connectivity index (χ0v) is 10.6. The van der Waals surface area contributed by atoms with Crippen molar-refractivity contribution in [1.82, 2.24) is 14.1 Å². The molecule has 0 saturated carbocycles. The van der Waals surface area contributed by atoms with Crippen LogP contribution >= 0.6 is 11.6 Å². The first kappa shape index (κ1) is 13.0. The molecule has 7 heteroatoms. The summed E-state index contributed by atoms with van der Waals surface area (Å²) in [6.45, 7) is 2.01. The van der Waals surface area contributed by atoms with Gasteiger partial charge in [0.1, 0.15) is 0 Å². The topological polar surface area (TPSA) is 55.2 Å². The van der Waals surface area contributed by atoms with Gasteiger partial charge in [-0.05, 0) is 0 Å². The van der Waals surface area contributed by atoms with Gasteiger partial charge in [0.15, 0.2) is 5.03 Å². The van der Waals surface area contributed by atoms with E-state index in [1.807, 2.05) is 0 Å². The van der Waals surface area contributed by atoms with E-state index in [0.29, 0.717) is 0 Å². The smallest absolute Gasteiger partial charge is 0.255 e. The lowest BCUT2D eigenvalue weighted by Crippen LogP contribution is -2.32. The first-order chi connectivity index (χ1) is 7.45. The maximum Gasteiger partial charge on any atom is 0.262 e. The summed E-state index contributed by atoms with van der Waals surface area (Å²) in [4.78, 5) is 0. The van der Waals surface area contributed by atoms with E-state index in [0.717, 1.165) is 4.31 Å². The van der Waals surface area contributed by atoms with Gasteiger partial charge < -0.3 is 0 Å². The molecule has 0 spiro atoms. The molecular weight excluding hydrogens is 250 g/mol. The van der Waals surface area contributed by atoms with E-state index in [1.54, 1.807) is 6.92 Å². The molecule has 5 nitrogen and oxygen atoms in total. The summed E-state index contributed by atoms with van der Waals surface area (Å²) < 4.78 is 26.7. The van der Waals surface area contributed by atoms with Gasteiger partial charge in [-0.15, -0.1) is 6.42 Å². The lowest BCUT2D eigenvalue weighted by atomic mass is 10.6. The Morgan fingerprint density at radius 1 is 1.69 bits per heavy atom. The largest absolute Gasteiger partial charge is 0.262 e. The van der Waals surface area contributed by atoms with Crippen LogP contribution in [0.25, 0.3) is 0 Å². The highest BCUT2D eigenvalue weighted by Crippen LogP contribution is 2.23. The van der Waals surface area contributed by atoms with Crippen LogP contribution in [0.5, 0.6) is 0 Å². The Morgan fingerprint density at radius 3 is 2.69 bits per heavy atom. The maximum atomic E-state index is 12.1. The molecule has 88 valence electrons. The Bertz CT molecular complexity index is 496. The Balaban J connectivity index is 3.26. The van der Waals surface area contributed by atoms with Gasteiger partial charge in [-0.2, -0.15) is 9.40 Å². The third-order valence-corrected chi connectivity index (χ3v) is 4.48. The first-order valence-corrected chi connectivity index (χ1v) is 6.38. The minimum atomic E-state index is -3.67. The second kappa shape index (κ2) is 4.87. The van der Waals surface area contributed by atoms with Crippen LogP contribution in [0, 0.1) is 12.3 Å². The summed E-state index contributed by atoms with van der Waals surface area (Å²) >= 11 is 5.79. The molecule has 0 aromatic carbocycles. The summed E-state index contributed by atoms with van der Waals surface area (Å²) in [6, 6.07) is 0. The van der Waals surface area contributed by atoms with Crippen molar-refractivity contribution in [1.29, 1.82) is 0 Å². The summed E-state index contributed by atoms with van der Waals surface area (Å²) in [5.74, 6) is 2.30. The van der Waals surface area contributed by atoms with Crippen molar-refractivity contribution in [2.24, 2.45) is 7.05 Å². The van der Waals surface area contributed by atoms with E-state index >= 15 is 0 Å². The second-order valence-corrected chi connectivity index (χ2v) is 5.32. The van der Waals surface area contributed by atoms with E-state index in [2.05, 4.69) is 11.0 Å². The molecule has 0 N–H and O–H groups in total. The molecule has 1 rings (SSSR count). The molecule has 1 aromatic heterocycles. The Kier molecular flexibility index (Phi) is 3.97. The molecule has 0 aliphatic rings. The second-order valence-electron chi connectivity index (χ2n) is 3.06. The molecule has 0 aliphatic heterocycles. The highest BCUT2D eigenvalue weighted by molar-refractivity contribution is 7.89. The Labute approximate surface area is 100 Å². The summed E-state index contributed by atoms with van der Waals surface area (Å²) in [5, 5.41) is 3.85. The lowest BCUT2D eigenvalue weighted by molar-refractivity contribution is 0.455. The summed E-state index contributed by atoms with van der Waals surface area (Å²) in [6.07, 6.45) is 6.41. The van der Waals surface area contributed by atoms with E-state index < -0.39 is 10.0 Å². The average molecular weight is 262 g/mol. The fourth-order valence-electron chi connectivity index (χ4n) is 1.28. The minimum Gasteiger partial charge on any atom is -0.255 e. The maximum absolute atomic E-state index is 12.1. The Morgan fingerprint density at radius 2 is 2.31 bits per heavy atom. The SMILES string of the molecule is C#CCN(CC)S(=O)(=O)c1c(Cl)cnn1C. The molecule has 16 heavy (non-hydrogen) atoms. The van der Waals surface area contributed by atoms with Crippen LogP contribution in [0.15, 0.2) is 11.2 Å². The van der Waals surface area contributed by atoms with Crippen LogP contribution in [-0.4, -0.2) is 35.6 Å². The minimum absolute atomic E-state index is 0.0142. The van der Waals surface area contributed by atoms with Crippen molar-refractivity contribution in [3.63, 3.8) is 0 Å². The summed E-state index contributed by atoms with van der Waals surface area (Å²) in [7, 11) is -2.16. The number of aromatic nitrogens is 2. The number of nitrogens with zero attached hydrogens (tertiary/aromatic N) is 3. The third-order valence-electron chi connectivity index (χ3n) is 2.05. The fraction of sp³-hybridized carbons (Fsp3) is 0.444. The molecular formula is C9H12ClN3O2S. The number of hydrogen-bond acceptors (Lipinski definition) is 3. The molecule has 0 aliphatic carbocycles. The van der Waals surface area contributed by atoms with Gasteiger partial charge >= 0.3 is 0 Å². The summed E-state index contributed by atoms with van der Waals surface area (Å²) in [5.41, 5.74) is 0. The Hall–Kier alpha value is -1.03. The molecule has 0 unspecified atom stereocenters. The van der Waals surface area contributed by atoms with Crippen LogP contribution in [0.2, 0.25) is 5.02 Å². The van der Waals surface area contributed by atoms with E-state index in [1.165, 1.54) is 17.9 Å². The highest BCUT2D eigenvalue weighted by Gasteiger charge is 2.28. The van der Waals surface area contributed by atoms with E-state index in [4.69, 9.17) is 18.0 Å². The molecule has 0 amide bonds. The number of halogens is 1. The van der Waals surface area contributed by atoms with Crippen molar-refractivity contribution in [3.8, 4) is 12.3 Å². The van der Waals surface area contributed by atoms with Crippen molar-refractivity contribution in [2.75, 3.05) is 13.1 Å². The quantitative estimate of drug-likeness (QED) is 0.751. The zero-order chi connectivity index (χ0) is 12.3. The predicted molar refractivity (Wildman–Crippen MR) is 61.5 cm³/mol. The van der Waals surface area contributed by atoms with Gasteiger partial charge in [-0.1, -0.05) is 24.4 Å². The van der Waals surface area contributed by atoms with E-state index in [9.17, 15) is 8.42 Å². The molecule has 0 atom stereocenters. The van der Waals surface area contributed by atoms with Crippen LogP contribution in [-0.2, 0) is 17.1 Å². The van der Waals surface area contributed by atoms with Crippen molar-refractivity contribution < 1.29 is 8.42 Å². The standard InChI is InChI=1S/C9H12ClN3O2S/c1-4-6-13(5-2)16(14,15)9-8(10)7-11-12(9)3/h1,7H,5-6H2,2-3H3. The molecule has 1 heterocycles. The van der Waals surface area contributed by atoms with Crippen LogP contribution in [0.3, 0.4) is 0 Å². The normalized spacial score (nSPS) is 11.7. The van der Waals surface area contributed by atoms with E-state index in [-0.39, 0.29) is 23.1 Å². The van der Waals surface area contributed by atoms with Gasteiger partial charge in [0.25, 0.3) is 10.0 Å². The van der Waals surface area contributed by atoms with Gasteiger partial charge in [0.2, 0.25) is 0 Å². The number of hydrogen-bond donors (Lipinski definition) is 0. The third kappa shape index (κ3) is 2.21. The molecule has 0 saturated heterocycles. The van der Waals surface area contributed by atoms with Gasteiger partial charge in [0, 0.05) is 13.6 Å². The number of terminal acetylenes is 1. The number of rotatable bonds is 4. The van der Waals surface area contributed by atoms with Crippen LogP contribution in [0.1, 0.15) is 6.92 Å². The monoisotopic (exact) mass is 261 g/mol. The number of aryl methyl sites for hydroxylation is 1. The fourth-order valence-corrected chi connectivity index (χ4v) is 3.25. The molecule has 0 fully saturated rings. The first-order valence-electron chi connectivity index (χ1n) is 4.56. The average Bonchev–Trinajstić information content (AvgIpc) is 2.55. The van der Waals surface area contributed by atoms with Gasteiger partial charge in [0.05, 0.1) is 17.8 Å². The molecule has 0 bridgehead atoms. The van der Waals surface area contributed by atoms with Crippen LogP contribution < -0.4 is 0 Å². The molecule has 1 aromatic rings. The molecule has 0 radical (unpaired) electrons. The van der Waals surface area contributed by atoms with Crippen molar-refractivity contribution in [2.45, 2.75) is 11.9 Å².